The van der Waals surface area contributed by atoms with E-state index >= 15 is 0 Å². The number of benzene rings is 2. The molecule has 2 aromatic carbocycles. The largest absolute Gasteiger partial charge is 0.334 e. The average molecular weight is 459 g/mol. The van der Waals surface area contributed by atoms with Crippen LogP contribution in [0, 0.1) is 13.8 Å². The molecule has 33 heavy (non-hydrogen) atoms. The van der Waals surface area contributed by atoms with Crippen molar-refractivity contribution < 1.29 is 4.79 Å². The van der Waals surface area contributed by atoms with Crippen LogP contribution in [0.15, 0.2) is 54.6 Å². The maximum Gasteiger partial charge on any atom is 0.254 e. The number of rotatable bonds is 4. The van der Waals surface area contributed by atoms with Gasteiger partial charge in [-0.1, -0.05) is 29.8 Å². The molecule has 0 spiro atoms. The van der Waals surface area contributed by atoms with Gasteiger partial charge in [-0.15, -0.1) is 0 Å². The molecule has 3 heterocycles. The van der Waals surface area contributed by atoms with E-state index in [0.717, 1.165) is 46.0 Å². The molecule has 1 amide bonds. The molecule has 2 N–H and O–H groups in total. The van der Waals surface area contributed by atoms with Gasteiger partial charge in [-0.3, -0.25) is 9.89 Å². The topological polar surface area (TPSA) is 86.8 Å². The number of aromatic amines is 1. The lowest BCUT2D eigenvalue weighted by molar-refractivity contribution is 0.0734. The first-order valence-electron chi connectivity index (χ1n) is 10.8. The highest BCUT2D eigenvalue weighted by molar-refractivity contribution is 6.30. The zero-order chi connectivity index (χ0) is 22.9. The summed E-state index contributed by atoms with van der Waals surface area (Å²) in [5.74, 6) is 0.500. The fraction of sp³-hybridized carbons (Fsp3) is 0.200. The maximum absolute atomic E-state index is 13.4. The summed E-state index contributed by atoms with van der Waals surface area (Å²) in [6.07, 6.45) is 0.732. The van der Waals surface area contributed by atoms with Crippen LogP contribution in [0.4, 0.5) is 11.6 Å². The average Bonchev–Trinajstić information content (AvgIpc) is 3.22. The van der Waals surface area contributed by atoms with Crippen molar-refractivity contribution in [2.75, 3.05) is 11.9 Å². The zero-order valence-corrected chi connectivity index (χ0v) is 19.1. The number of H-pyrrole nitrogens is 1. The summed E-state index contributed by atoms with van der Waals surface area (Å²) in [7, 11) is 0. The molecule has 0 unspecified atom stereocenters. The molecule has 0 atom stereocenters. The van der Waals surface area contributed by atoms with Gasteiger partial charge in [-0.05, 0) is 50.2 Å². The van der Waals surface area contributed by atoms with Crippen molar-refractivity contribution >= 4 is 29.1 Å². The number of amides is 1. The van der Waals surface area contributed by atoms with Gasteiger partial charge in [0, 0.05) is 64.0 Å². The summed E-state index contributed by atoms with van der Waals surface area (Å²) in [5, 5.41) is 11.5. The minimum Gasteiger partial charge on any atom is -0.334 e. The molecule has 4 aromatic rings. The molecule has 0 aliphatic carbocycles. The number of aryl methyl sites for hydroxylation is 2. The molecule has 8 heteroatoms. The van der Waals surface area contributed by atoms with E-state index in [0.29, 0.717) is 29.6 Å². The number of aromatic nitrogens is 4. The second-order valence-electron chi connectivity index (χ2n) is 8.19. The fourth-order valence-electron chi connectivity index (χ4n) is 4.14. The normalized spacial score (nSPS) is 13.0. The van der Waals surface area contributed by atoms with Crippen molar-refractivity contribution in [3.8, 4) is 11.3 Å². The Balaban J connectivity index is 1.36. The van der Waals surface area contributed by atoms with E-state index in [-0.39, 0.29) is 5.91 Å². The molecule has 0 radical (unpaired) electrons. The van der Waals surface area contributed by atoms with Crippen LogP contribution in [-0.4, -0.2) is 37.5 Å². The quantitative estimate of drug-likeness (QED) is 0.445. The van der Waals surface area contributed by atoms with Crippen molar-refractivity contribution in [2.45, 2.75) is 26.8 Å². The number of fused-ring (bicyclic) bond motifs is 1. The third-order valence-corrected chi connectivity index (χ3v) is 5.94. The second kappa shape index (κ2) is 8.67. The predicted molar refractivity (Wildman–Crippen MR) is 129 cm³/mol. The van der Waals surface area contributed by atoms with Gasteiger partial charge in [0.25, 0.3) is 5.91 Å². The Kier molecular flexibility index (Phi) is 5.56. The third kappa shape index (κ3) is 4.45. The lowest BCUT2D eigenvalue weighted by Gasteiger charge is -2.27. The first kappa shape index (κ1) is 21.2. The second-order valence-corrected chi connectivity index (χ2v) is 8.63. The summed E-state index contributed by atoms with van der Waals surface area (Å²) in [6.45, 7) is 4.99. The smallest absolute Gasteiger partial charge is 0.254 e. The van der Waals surface area contributed by atoms with Crippen molar-refractivity contribution in [1.29, 1.82) is 0 Å². The molecular weight excluding hydrogens is 436 g/mol. The van der Waals surface area contributed by atoms with Crippen LogP contribution in [0.25, 0.3) is 11.3 Å². The van der Waals surface area contributed by atoms with Gasteiger partial charge in [-0.2, -0.15) is 5.10 Å². The fourth-order valence-corrected chi connectivity index (χ4v) is 4.26. The summed E-state index contributed by atoms with van der Waals surface area (Å²) >= 11 is 6.03. The Morgan fingerprint density at radius 1 is 1.06 bits per heavy atom. The molecular formula is C25H23ClN6O. The Morgan fingerprint density at radius 3 is 2.58 bits per heavy atom. The van der Waals surface area contributed by atoms with E-state index in [4.69, 9.17) is 11.6 Å². The Bertz CT molecular complexity index is 1310. The number of nitrogens with one attached hydrogen (secondary N) is 2. The van der Waals surface area contributed by atoms with Crippen molar-refractivity contribution in [3.63, 3.8) is 0 Å². The third-order valence-electron chi connectivity index (χ3n) is 5.69. The van der Waals surface area contributed by atoms with E-state index in [1.165, 1.54) is 0 Å². The molecule has 1 aliphatic heterocycles. The number of nitrogens with zero attached hydrogens (tertiary/aromatic N) is 4. The molecule has 0 fully saturated rings. The SMILES string of the molecule is Cc1cc(C)nc(Nc2cccc(C(=O)N3CCc4[nH]nc(-c5ccc(Cl)cc5)c4C3)c2)n1. The molecule has 1 aliphatic rings. The van der Waals surface area contributed by atoms with Crippen LogP contribution in [0.2, 0.25) is 5.02 Å². The molecule has 7 nitrogen and oxygen atoms in total. The van der Waals surface area contributed by atoms with Crippen LogP contribution in [0.5, 0.6) is 0 Å². The Labute approximate surface area is 196 Å². The van der Waals surface area contributed by atoms with Gasteiger partial charge >= 0.3 is 0 Å². The molecule has 2 aromatic heterocycles. The monoisotopic (exact) mass is 458 g/mol. The van der Waals surface area contributed by atoms with Crippen LogP contribution >= 0.6 is 11.6 Å². The Hall–Kier alpha value is -3.71. The summed E-state index contributed by atoms with van der Waals surface area (Å²) in [4.78, 5) is 24.1. The van der Waals surface area contributed by atoms with E-state index in [9.17, 15) is 4.79 Å². The number of hydrogen-bond donors (Lipinski definition) is 2. The highest BCUT2D eigenvalue weighted by Gasteiger charge is 2.26. The van der Waals surface area contributed by atoms with Gasteiger partial charge in [-0.25, -0.2) is 9.97 Å². The first-order valence-corrected chi connectivity index (χ1v) is 11.1. The number of carbonyl (C=O) groups excluding carboxylic acids is 1. The highest BCUT2D eigenvalue weighted by atomic mass is 35.5. The number of anilines is 2. The molecule has 0 saturated carbocycles. The summed E-state index contributed by atoms with van der Waals surface area (Å²) < 4.78 is 0. The van der Waals surface area contributed by atoms with E-state index in [2.05, 4.69) is 25.5 Å². The molecule has 5 rings (SSSR count). The minimum absolute atomic E-state index is 0.0195. The van der Waals surface area contributed by atoms with Gasteiger partial charge < -0.3 is 10.2 Å². The zero-order valence-electron chi connectivity index (χ0n) is 18.4. The maximum atomic E-state index is 13.4. The number of hydrogen-bond acceptors (Lipinski definition) is 5. The van der Waals surface area contributed by atoms with Crippen molar-refractivity contribution in [2.24, 2.45) is 0 Å². The van der Waals surface area contributed by atoms with Crippen molar-refractivity contribution in [3.05, 3.63) is 87.8 Å². The Morgan fingerprint density at radius 2 is 1.82 bits per heavy atom. The molecule has 166 valence electrons. The van der Waals surface area contributed by atoms with Gasteiger partial charge in [0.1, 0.15) is 0 Å². The first-order chi connectivity index (χ1) is 16.0. The van der Waals surface area contributed by atoms with E-state index < -0.39 is 0 Å². The summed E-state index contributed by atoms with van der Waals surface area (Å²) in [6, 6.07) is 17.0. The summed E-state index contributed by atoms with van der Waals surface area (Å²) in [5.41, 5.74) is 7.13. The van der Waals surface area contributed by atoms with E-state index in [1.54, 1.807) is 0 Å². The van der Waals surface area contributed by atoms with Gasteiger partial charge in [0.15, 0.2) is 0 Å². The number of carbonyl (C=O) groups is 1. The highest BCUT2D eigenvalue weighted by Crippen LogP contribution is 2.30. The van der Waals surface area contributed by atoms with E-state index in [1.807, 2.05) is 73.3 Å². The van der Waals surface area contributed by atoms with Gasteiger partial charge in [0.2, 0.25) is 5.95 Å². The minimum atomic E-state index is -0.0195. The van der Waals surface area contributed by atoms with Crippen LogP contribution in [-0.2, 0) is 13.0 Å². The van der Waals surface area contributed by atoms with Crippen LogP contribution < -0.4 is 5.32 Å². The molecule has 0 bridgehead atoms. The number of halogens is 1. The predicted octanol–water partition coefficient (Wildman–Crippen LogP) is 5.08. The molecule has 0 saturated heterocycles. The van der Waals surface area contributed by atoms with Crippen LogP contribution in [0.1, 0.15) is 33.0 Å². The lowest BCUT2D eigenvalue weighted by Crippen LogP contribution is -2.35. The standard InChI is InChI=1S/C25H23ClN6O/c1-15-12-16(2)28-25(27-15)29-20-5-3-4-18(13-20)24(33)32-11-10-22-21(14-32)23(31-30-22)17-6-8-19(26)9-7-17/h3-9,12-13H,10-11,14H2,1-2H3,(H,30,31)(H,27,28,29). The van der Waals surface area contributed by atoms with Crippen molar-refractivity contribution in [1.82, 2.24) is 25.1 Å². The lowest BCUT2D eigenvalue weighted by atomic mass is 10.0. The van der Waals surface area contributed by atoms with Gasteiger partial charge in [0.05, 0.1) is 5.69 Å². The van der Waals surface area contributed by atoms with Crippen LogP contribution in [0.3, 0.4) is 0 Å².